The van der Waals surface area contributed by atoms with Crippen molar-refractivity contribution in [2.24, 2.45) is 5.14 Å². The summed E-state index contributed by atoms with van der Waals surface area (Å²) in [5, 5.41) is 6.96. The van der Waals surface area contributed by atoms with Gasteiger partial charge < -0.3 is 0 Å². The number of allylic oxidation sites excluding steroid dienone is 1. The molecule has 0 aliphatic rings. The van der Waals surface area contributed by atoms with Crippen molar-refractivity contribution < 1.29 is 8.42 Å². The summed E-state index contributed by atoms with van der Waals surface area (Å²) in [5.41, 5.74) is 5.63. The molecule has 1 heterocycles. The molecule has 2 N–H and O–H groups in total. The maximum atomic E-state index is 11.5. The molecule has 2 rings (SSSR count). The van der Waals surface area contributed by atoms with E-state index in [1.165, 1.54) is 22.3 Å². The zero-order chi connectivity index (χ0) is 15.6. The van der Waals surface area contributed by atoms with Gasteiger partial charge in [0.25, 0.3) is 0 Å². The van der Waals surface area contributed by atoms with Gasteiger partial charge in [-0.1, -0.05) is 29.8 Å². The summed E-state index contributed by atoms with van der Waals surface area (Å²) in [4.78, 5) is 0. The number of rotatable bonds is 4. The minimum atomic E-state index is -3.62. The van der Waals surface area contributed by atoms with E-state index in [2.05, 4.69) is 39.0 Å². The van der Waals surface area contributed by atoms with Crippen LogP contribution in [0.2, 0.25) is 0 Å². The number of aryl methyl sites for hydroxylation is 3. The number of thiophene rings is 1. The molecule has 1 aromatic heterocycles. The molecule has 0 atom stereocenters. The van der Waals surface area contributed by atoms with Crippen LogP contribution in [0.5, 0.6) is 0 Å². The second kappa shape index (κ2) is 6.13. The highest BCUT2D eigenvalue weighted by atomic mass is 32.2. The maximum Gasteiger partial charge on any atom is 0.247 e. The third-order valence-electron chi connectivity index (χ3n) is 3.33. The van der Waals surface area contributed by atoms with Gasteiger partial charge in [0.1, 0.15) is 4.21 Å². The largest absolute Gasteiger partial charge is 0.247 e. The lowest BCUT2D eigenvalue weighted by atomic mass is 9.99. The molecule has 0 aliphatic carbocycles. The van der Waals surface area contributed by atoms with Gasteiger partial charge in [0, 0.05) is 0 Å². The van der Waals surface area contributed by atoms with Gasteiger partial charge >= 0.3 is 0 Å². The Morgan fingerprint density at radius 1 is 1.19 bits per heavy atom. The Labute approximate surface area is 130 Å². The van der Waals surface area contributed by atoms with Crippen LogP contribution in [-0.2, 0) is 16.4 Å². The molecule has 0 fully saturated rings. The zero-order valence-corrected chi connectivity index (χ0v) is 14.0. The fourth-order valence-electron chi connectivity index (χ4n) is 2.48. The molecule has 1 aromatic carbocycles. The molecule has 0 radical (unpaired) electrons. The smallest absolute Gasteiger partial charge is 0.224 e. The van der Waals surface area contributed by atoms with E-state index in [9.17, 15) is 8.42 Å². The van der Waals surface area contributed by atoms with Crippen LogP contribution in [0.15, 0.2) is 33.9 Å². The first-order valence-corrected chi connectivity index (χ1v) is 9.05. The first-order chi connectivity index (χ1) is 9.79. The highest BCUT2D eigenvalue weighted by molar-refractivity contribution is 7.91. The molecular formula is C16H19NO2S2. The van der Waals surface area contributed by atoms with Crippen LogP contribution in [-0.4, -0.2) is 8.42 Å². The topological polar surface area (TPSA) is 60.2 Å². The van der Waals surface area contributed by atoms with Crippen molar-refractivity contribution in [2.45, 2.75) is 31.4 Å². The van der Waals surface area contributed by atoms with Gasteiger partial charge in [-0.15, -0.1) is 11.3 Å². The summed E-state index contributed by atoms with van der Waals surface area (Å²) in [6.07, 6.45) is 4.60. The normalized spacial score (nSPS) is 12.2. The van der Waals surface area contributed by atoms with Crippen LogP contribution in [0, 0.1) is 20.8 Å². The molecule has 0 bridgehead atoms. The number of primary sulfonamides is 1. The standard InChI is InChI=1S/C16H19NO2S2/c1-11-9-12(2)15(13(3)10-11)6-4-5-14-7-8-20-16(14)21(17,18)19/h4,6-10H,5H2,1-3H3,(H2,17,18,19). The van der Waals surface area contributed by atoms with Gasteiger partial charge in [0.15, 0.2) is 0 Å². The number of hydrogen-bond donors (Lipinski definition) is 1. The van der Waals surface area contributed by atoms with E-state index in [0.717, 1.165) is 16.9 Å². The van der Waals surface area contributed by atoms with Crippen LogP contribution < -0.4 is 5.14 Å². The molecular weight excluding hydrogens is 302 g/mol. The van der Waals surface area contributed by atoms with E-state index < -0.39 is 10.0 Å². The van der Waals surface area contributed by atoms with E-state index in [-0.39, 0.29) is 4.21 Å². The van der Waals surface area contributed by atoms with Crippen LogP contribution in [0.1, 0.15) is 27.8 Å². The first-order valence-electron chi connectivity index (χ1n) is 6.62. The van der Waals surface area contributed by atoms with Crippen molar-refractivity contribution in [1.29, 1.82) is 0 Å². The van der Waals surface area contributed by atoms with E-state index in [0.29, 0.717) is 6.42 Å². The minimum absolute atomic E-state index is 0.254. The molecule has 21 heavy (non-hydrogen) atoms. The fraction of sp³-hybridized carbons (Fsp3) is 0.250. The summed E-state index contributed by atoms with van der Waals surface area (Å²) in [6, 6.07) is 6.10. The Kier molecular flexibility index (Phi) is 4.66. The van der Waals surface area contributed by atoms with Gasteiger partial charge in [0.2, 0.25) is 10.0 Å². The zero-order valence-electron chi connectivity index (χ0n) is 12.4. The third-order valence-corrected chi connectivity index (χ3v) is 5.84. The molecule has 5 heteroatoms. The Balaban J connectivity index is 2.24. The van der Waals surface area contributed by atoms with E-state index in [1.807, 2.05) is 12.1 Å². The molecule has 112 valence electrons. The van der Waals surface area contributed by atoms with Crippen molar-refractivity contribution >= 4 is 27.4 Å². The molecule has 0 saturated heterocycles. The number of nitrogens with two attached hydrogens (primary N) is 1. The first kappa shape index (κ1) is 15.9. The predicted molar refractivity (Wildman–Crippen MR) is 89.1 cm³/mol. The fourth-order valence-corrected chi connectivity index (χ4v) is 4.36. The van der Waals surface area contributed by atoms with Crippen molar-refractivity contribution in [3.05, 3.63) is 57.5 Å². The van der Waals surface area contributed by atoms with Crippen LogP contribution in [0.25, 0.3) is 6.08 Å². The Bertz CT molecular complexity index is 763. The highest BCUT2D eigenvalue weighted by Crippen LogP contribution is 2.23. The lowest BCUT2D eigenvalue weighted by Gasteiger charge is -2.07. The van der Waals surface area contributed by atoms with Crippen LogP contribution in [0.3, 0.4) is 0 Å². The van der Waals surface area contributed by atoms with Gasteiger partial charge in [-0.3, -0.25) is 0 Å². The van der Waals surface area contributed by atoms with Gasteiger partial charge in [-0.25, -0.2) is 13.6 Å². The van der Waals surface area contributed by atoms with E-state index >= 15 is 0 Å². The number of hydrogen-bond acceptors (Lipinski definition) is 3. The second-order valence-corrected chi connectivity index (χ2v) is 7.87. The quantitative estimate of drug-likeness (QED) is 0.935. The van der Waals surface area contributed by atoms with Crippen molar-refractivity contribution in [1.82, 2.24) is 0 Å². The van der Waals surface area contributed by atoms with Crippen molar-refractivity contribution in [2.75, 3.05) is 0 Å². The lowest BCUT2D eigenvalue weighted by molar-refractivity contribution is 0.599. The van der Waals surface area contributed by atoms with Gasteiger partial charge in [-0.2, -0.15) is 0 Å². The van der Waals surface area contributed by atoms with Crippen LogP contribution in [0.4, 0.5) is 0 Å². The third kappa shape index (κ3) is 3.81. The summed E-state index contributed by atoms with van der Waals surface area (Å²) >= 11 is 1.16. The summed E-state index contributed by atoms with van der Waals surface area (Å²) in [7, 11) is -3.62. The summed E-state index contributed by atoms with van der Waals surface area (Å²) < 4.78 is 23.2. The Morgan fingerprint density at radius 2 is 1.81 bits per heavy atom. The molecule has 0 saturated carbocycles. The second-order valence-electron chi connectivity index (χ2n) is 5.20. The Morgan fingerprint density at radius 3 is 2.38 bits per heavy atom. The predicted octanol–water partition coefficient (Wildman–Crippen LogP) is 3.58. The SMILES string of the molecule is Cc1cc(C)c(C=CCc2ccsc2S(N)(=O)=O)c(C)c1. The monoisotopic (exact) mass is 321 g/mol. The van der Waals surface area contributed by atoms with Gasteiger partial charge in [-0.05, 0) is 60.9 Å². The molecule has 0 unspecified atom stereocenters. The molecule has 3 nitrogen and oxygen atoms in total. The summed E-state index contributed by atoms with van der Waals surface area (Å²) in [5.74, 6) is 0. The average molecular weight is 321 g/mol. The summed E-state index contributed by atoms with van der Waals surface area (Å²) in [6.45, 7) is 6.25. The minimum Gasteiger partial charge on any atom is -0.224 e. The number of benzene rings is 1. The van der Waals surface area contributed by atoms with E-state index in [4.69, 9.17) is 5.14 Å². The molecule has 0 amide bonds. The number of sulfonamides is 1. The lowest BCUT2D eigenvalue weighted by Crippen LogP contribution is -2.12. The maximum absolute atomic E-state index is 11.5. The van der Waals surface area contributed by atoms with Crippen molar-refractivity contribution in [3.8, 4) is 0 Å². The van der Waals surface area contributed by atoms with E-state index in [1.54, 1.807) is 5.38 Å². The van der Waals surface area contributed by atoms with Gasteiger partial charge in [0.05, 0.1) is 0 Å². The highest BCUT2D eigenvalue weighted by Gasteiger charge is 2.14. The van der Waals surface area contributed by atoms with Crippen LogP contribution >= 0.6 is 11.3 Å². The molecule has 0 spiro atoms. The Hall–Kier alpha value is -1.43. The van der Waals surface area contributed by atoms with Crippen molar-refractivity contribution in [3.63, 3.8) is 0 Å². The molecule has 2 aromatic rings. The average Bonchev–Trinajstić information content (AvgIpc) is 2.80. The molecule has 0 aliphatic heterocycles.